The van der Waals surface area contributed by atoms with Crippen molar-refractivity contribution >= 4 is 17.3 Å². The van der Waals surface area contributed by atoms with Gasteiger partial charge in [0, 0.05) is 12.5 Å². The van der Waals surface area contributed by atoms with Gasteiger partial charge in [-0.05, 0) is 44.3 Å². The van der Waals surface area contributed by atoms with Crippen LogP contribution >= 0.6 is 0 Å². The van der Waals surface area contributed by atoms with Crippen molar-refractivity contribution < 1.29 is 14.8 Å². The van der Waals surface area contributed by atoms with Crippen LogP contribution in [0.25, 0.3) is 0 Å². The van der Waals surface area contributed by atoms with Gasteiger partial charge in [-0.2, -0.15) is 0 Å². The quantitative estimate of drug-likeness (QED) is 0.437. The highest BCUT2D eigenvalue weighted by Crippen LogP contribution is 2.33. The van der Waals surface area contributed by atoms with Crippen LogP contribution in [0.2, 0.25) is 0 Å². The van der Waals surface area contributed by atoms with Crippen LogP contribution in [-0.4, -0.2) is 29.0 Å². The lowest BCUT2D eigenvalue weighted by molar-refractivity contribution is -0.384. The van der Waals surface area contributed by atoms with E-state index in [1.54, 1.807) is 0 Å². The van der Waals surface area contributed by atoms with E-state index in [4.69, 9.17) is 0 Å². The average Bonchev–Trinajstić information content (AvgIpc) is 2.48. The van der Waals surface area contributed by atoms with Gasteiger partial charge in [-0.3, -0.25) is 14.9 Å². The van der Waals surface area contributed by atoms with E-state index >= 15 is 0 Å². The zero-order chi connectivity index (χ0) is 15.2. The van der Waals surface area contributed by atoms with Crippen molar-refractivity contribution in [3.05, 3.63) is 28.3 Å². The van der Waals surface area contributed by atoms with Crippen LogP contribution in [0.1, 0.15) is 25.7 Å². The van der Waals surface area contributed by atoms with E-state index < -0.39 is 4.92 Å². The Labute approximate surface area is 122 Å². The van der Waals surface area contributed by atoms with Gasteiger partial charge in [-0.1, -0.05) is 6.07 Å². The highest BCUT2D eigenvalue weighted by Gasteiger charge is 2.20. The van der Waals surface area contributed by atoms with Gasteiger partial charge < -0.3 is 15.7 Å². The SMILES string of the molecule is O=C(CCC1CCNCC1)Nc1c(O)cccc1[N+](=O)[O-]. The molecule has 0 saturated carbocycles. The van der Waals surface area contributed by atoms with Crippen LogP contribution in [0.3, 0.4) is 0 Å². The predicted molar refractivity (Wildman–Crippen MR) is 78.2 cm³/mol. The second-order valence-corrected chi connectivity index (χ2v) is 5.21. The molecule has 1 saturated heterocycles. The van der Waals surface area contributed by atoms with Crippen LogP contribution in [0.4, 0.5) is 11.4 Å². The van der Waals surface area contributed by atoms with Crippen LogP contribution < -0.4 is 10.6 Å². The summed E-state index contributed by atoms with van der Waals surface area (Å²) in [6.45, 7) is 1.94. The fraction of sp³-hybridized carbons (Fsp3) is 0.500. The smallest absolute Gasteiger partial charge is 0.296 e. The summed E-state index contributed by atoms with van der Waals surface area (Å²) in [5.74, 6) is -0.0890. The number of nitrogens with zero attached hydrogens (tertiary/aromatic N) is 1. The number of nitrogens with one attached hydrogen (secondary N) is 2. The lowest BCUT2D eigenvalue weighted by Crippen LogP contribution is -2.28. The first-order valence-corrected chi connectivity index (χ1v) is 7.05. The number of benzene rings is 1. The fourth-order valence-electron chi connectivity index (χ4n) is 2.52. The van der Waals surface area contributed by atoms with Crippen molar-refractivity contribution in [1.29, 1.82) is 0 Å². The Bertz CT molecular complexity index is 527. The van der Waals surface area contributed by atoms with Gasteiger partial charge in [-0.15, -0.1) is 0 Å². The first kappa shape index (κ1) is 15.2. The number of amides is 1. The Morgan fingerprint density at radius 3 is 2.81 bits per heavy atom. The summed E-state index contributed by atoms with van der Waals surface area (Å²) >= 11 is 0. The largest absolute Gasteiger partial charge is 0.505 e. The van der Waals surface area contributed by atoms with E-state index in [1.165, 1.54) is 18.2 Å². The van der Waals surface area contributed by atoms with Gasteiger partial charge in [0.1, 0.15) is 5.75 Å². The van der Waals surface area contributed by atoms with E-state index in [9.17, 15) is 20.0 Å². The molecule has 1 fully saturated rings. The molecule has 1 heterocycles. The number of anilines is 1. The number of hydrogen-bond acceptors (Lipinski definition) is 5. The van der Waals surface area contributed by atoms with Crippen molar-refractivity contribution in [3.8, 4) is 5.75 Å². The summed E-state index contributed by atoms with van der Waals surface area (Å²) in [7, 11) is 0. The fourth-order valence-corrected chi connectivity index (χ4v) is 2.52. The second kappa shape index (κ2) is 7.03. The molecule has 1 amide bonds. The third-order valence-corrected chi connectivity index (χ3v) is 3.72. The molecule has 0 bridgehead atoms. The number of rotatable bonds is 5. The molecule has 0 spiro atoms. The number of aromatic hydroxyl groups is 1. The van der Waals surface area contributed by atoms with Gasteiger partial charge in [0.15, 0.2) is 5.69 Å². The minimum absolute atomic E-state index is 0.127. The molecule has 1 aromatic rings. The Hall–Kier alpha value is -2.15. The molecule has 114 valence electrons. The van der Waals surface area contributed by atoms with Crippen LogP contribution in [-0.2, 0) is 4.79 Å². The Balaban J connectivity index is 1.94. The van der Waals surface area contributed by atoms with E-state index in [1.807, 2.05) is 0 Å². The first-order chi connectivity index (χ1) is 10.1. The lowest BCUT2D eigenvalue weighted by Gasteiger charge is -2.22. The van der Waals surface area contributed by atoms with Crippen molar-refractivity contribution in [2.45, 2.75) is 25.7 Å². The molecule has 1 aliphatic rings. The molecule has 21 heavy (non-hydrogen) atoms. The van der Waals surface area contributed by atoms with Crippen molar-refractivity contribution in [2.75, 3.05) is 18.4 Å². The van der Waals surface area contributed by atoms with Crippen LogP contribution in [0.15, 0.2) is 18.2 Å². The summed E-state index contributed by atoms with van der Waals surface area (Å²) in [5.41, 5.74) is -0.428. The van der Waals surface area contributed by atoms with Crippen molar-refractivity contribution in [3.63, 3.8) is 0 Å². The van der Waals surface area contributed by atoms with Crippen molar-refractivity contribution in [1.82, 2.24) is 5.32 Å². The van der Waals surface area contributed by atoms with E-state index in [2.05, 4.69) is 10.6 Å². The van der Waals surface area contributed by atoms with E-state index in [0.717, 1.165) is 32.4 Å². The second-order valence-electron chi connectivity index (χ2n) is 5.21. The molecule has 7 nitrogen and oxygen atoms in total. The Morgan fingerprint density at radius 1 is 1.43 bits per heavy atom. The summed E-state index contributed by atoms with van der Waals surface area (Å²) < 4.78 is 0. The minimum atomic E-state index is -0.623. The Morgan fingerprint density at radius 2 is 2.14 bits per heavy atom. The third kappa shape index (κ3) is 4.16. The topological polar surface area (TPSA) is 104 Å². The zero-order valence-corrected chi connectivity index (χ0v) is 11.7. The van der Waals surface area contributed by atoms with Crippen molar-refractivity contribution in [2.24, 2.45) is 5.92 Å². The summed E-state index contributed by atoms with van der Waals surface area (Å²) in [5, 5.41) is 26.3. The zero-order valence-electron chi connectivity index (χ0n) is 11.7. The predicted octanol–water partition coefficient (Wildman–Crippen LogP) is 2.02. The normalized spacial score (nSPS) is 15.6. The number of nitro benzene ring substituents is 1. The number of carbonyl (C=O) groups excluding carboxylic acids is 1. The summed E-state index contributed by atoms with van der Waals surface area (Å²) in [4.78, 5) is 22.2. The molecule has 0 atom stereocenters. The van der Waals surface area contributed by atoms with Crippen LogP contribution in [0, 0.1) is 16.0 Å². The molecular formula is C14H19N3O4. The number of para-hydroxylation sites is 1. The van der Waals surface area contributed by atoms with Gasteiger partial charge in [0.25, 0.3) is 5.69 Å². The molecule has 0 aromatic heterocycles. The maximum atomic E-state index is 11.9. The molecule has 3 N–H and O–H groups in total. The first-order valence-electron chi connectivity index (χ1n) is 7.05. The van der Waals surface area contributed by atoms with E-state index in [-0.39, 0.29) is 23.0 Å². The summed E-state index contributed by atoms with van der Waals surface area (Å²) in [6, 6.07) is 3.94. The number of phenolic OH excluding ortho intramolecular Hbond substituents is 1. The standard InChI is InChI=1S/C14H19N3O4/c18-12-3-1-2-11(17(20)21)14(12)16-13(19)5-4-10-6-8-15-9-7-10/h1-3,10,15,18H,4-9H2,(H,16,19). The highest BCUT2D eigenvalue weighted by atomic mass is 16.6. The molecule has 7 heteroatoms. The third-order valence-electron chi connectivity index (χ3n) is 3.72. The minimum Gasteiger partial charge on any atom is -0.505 e. The molecule has 0 unspecified atom stereocenters. The van der Waals surface area contributed by atoms with Crippen LogP contribution in [0.5, 0.6) is 5.75 Å². The van der Waals surface area contributed by atoms with Gasteiger partial charge in [0.2, 0.25) is 5.91 Å². The molecular weight excluding hydrogens is 274 g/mol. The number of piperidine rings is 1. The summed E-state index contributed by atoms with van der Waals surface area (Å²) in [6.07, 6.45) is 3.15. The number of nitro groups is 1. The molecule has 0 radical (unpaired) electrons. The van der Waals surface area contributed by atoms with Gasteiger partial charge >= 0.3 is 0 Å². The average molecular weight is 293 g/mol. The molecule has 0 aliphatic carbocycles. The Kier molecular flexibility index (Phi) is 5.10. The maximum Gasteiger partial charge on any atom is 0.296 e. The number of hydrogen-bond donors (Lipinski definition) is 3. The van der Waals surface area contributed by atoms with Gasteiger partial charge in [0.05, 0.1) is 4.92 Å². The molecule has 1 aliphatic heterocycles. The molecule has 1 aromatic carbocycles. The monoisotopic (exact) mass is 293 g/mol. The maximum absolute atomic E-state index is 11.9. The molecule has 2 rings (SSSR count). The highest BCUT2D eigenvalue weighted by molar-refractivity contribution is 5.94. The number of phenols is 1. The number of carbonyl (C=O) groups is 1. The van der Waals surface area contributed by atoms with E-state index in [0.29, 0.717) is 12.3 Å². The lowest BCUT2D eigenvalue weighted by atomic mass is 9.93. The van der Waals surface area contributed by atoms with Gasteiger partial charge in [-0.25, -0.2) is 0 Å².